The Morgan fingerprint density at radius 3 is 2.57 bits per heavy atom. The Hall–Kier alpha value is -2.55. The maximum atomic E-state index is 12.8. The lowest BCUT2D eigenvalue weighted by Crippen LogP contribution is -2.44. The van der Waals surface area contributed by atoms with Crippen molar-refractivity contribution in [3.63, 3.8) is 0 Å². The van der Waals surface area contributed by atoms with Gasteiger partial charge in [0, 0.05) is 22.3 Å². The van der Waals surface area contributed by atoms with Crippen LogP contribution in [0, 0.1) is 0 Å². The number of aromatic hydroxyl groups is 2. The molecule has 0 radical (unpaired) electrons. The van der Waals surface area contributed by atoms with Crippen molar-refractivity contribution in [2.45, 2.75) is 13.0 Å². The van der Waals surface area contributed by atoms with Crippen molar-refractivity contribution in [2.75, 3.05) is 5.32 Å². The predicted octanol–water partition coefficient (Wildman–Crippen LogP) is 3.98. The number of anilines is 1. The van der Waals surface area contributed by atoms with E-state index >= 15 is 0 Å². The summed E-state index contributed by atoms with van der Waals surface area (Å²) in [7, 11) is 0. The molecule has 2 aromatic carbocycles. The van der Waals surface area contributed by atoms with Gasteiger partial charge in [0.1, 0.15) is 21.9 Å². The summed E-state index contributed by atoms with van der Waals surface area (Å²) in [6, 6.07) is 9.83. The first kappa shape index (κ1) is 20.2. The van der Waals surface area contributed by atoms with E-state index in [9.17, 15) is 19.8 Å². The third kappa shape index (κ3) is 4.30. The second kappa shape index (κ2) is 8.22. The molecule has 1 unspecified atom stereocenters. The van der Waals surface area contributed by atoms with Crippen molar-refractivity contribution in [3.05, 3.63) is 58.0 Å². The number of halogens is 1. The average Bonchev–Trinajstić information content (AvgIpc) is 2.92. The summed E-state index contributed by atoms with van der Waals surface area (Å²) >= 11 is 12.1. The molecule has 1 atom stereocenters. The second-order valence-electron chi connectivity index (χ2n) is 5.97. The maximum Gasteiger partial charge on any atom is 0.266 e. The first-order valence-corrected chi connectivity index (χ1v) is 9.72. The summed E-state index contributed by atoms with van der Waals surface area (Å²) in [6.45, 7) is 1.58. The van der Waals surface area contributed by atoms with Gasteiger partial charge in [0.15, 0.2) is 0 Å². The number of benzene rings is 2. The molecule has 2 aromatic rings. The molecule has 1 fully saturated rings. The van der Waals surface area contributed by atoms with Crippen molar-refractivity contribution in [1.82, 2.24) is 4.90 Å². The number of amides is 2. The molecule has 1 saturated heterocycles. The monoisotopic (exact) mass is 434 g/mol. The first-order valence-electron chi connectivity index (χ1n) is 8.12. The fourth-order valence-electron chi connectivity index (χ4n) is 2.51. The molecule has 1 aliphatic rings. The van der Waals surface area contributed by atoms with Crippen molar-refractivity contribution in [1.29, 1.82) is 0 Å². The lowest BCUT2D eigenvalue weighted by Gasteiger charge is -2.22. The van der Waals surface area contributed by atoms with Crippen LogP contribution in [0.3, 0.4) is 0 Å². The Kier molecular flexibility index (Phi) is 5.93. The predicted molar refractivity (Wildman–Crippen MR) is 114 cm³/mol. The lowest BCUT2D eigenvalue weighted by atomic mass is 10.1. The first-order chi connectivity index (χ1) is 13.3. The van der Waals surface area contributed by atoms with Gasteiger partial charge in [-0.25, -0.2) is 0 Å². The molecule has 28 heavy (non-hydrogen) atoms. The zero-order valence-electron chi connectivity index (χ0n) is 14.5. The van der Waals surface area contributed by atoms with E-state index in [4.69, 9.17) is 23.8 Å². The fraction of sp³-hybridized carbons (Fsp3) is 0.105. The van der Waals surface area contributed by atoms with Crippen molar-refractivity contribution >= 4 is 63.5 Å². The highest BCUT2D eigenvalue weighted by atomic mass is 35.5. The number of hydrogen-bond acceptors (Lipinski definition) is 6. The minimum absolute atomic E-state index is 0.0882. The summed E-state index contributed by atoms with van der Waals surface area (Å²) in [5, 5.41) is 22.5. The number of carbonyl (C=O) groups excluding carboxylic acids is 2. The Morgan fingerprint density at radius 1 is 1.25 bits per heavy atom. The molecule has 0 saturated carbocycles. The van der Waals surface area contributed by atoms with Crippen LogP contribution in [-0.4, -0.2) is 37.3 Å². The van der Waals surface area contributed by atoms with Crippen molar-refractivity contribution < 1.29 is 19.8 Å². The second-order valence-corrected chi connectivity index (χ2v) is 8.08. The van der Waals surface area contributed by atoms with Crippen LogP contribution >= 0.6 is 35.6 Å². The Bertz CT molecular complexity index is 992. The summed E-state index contributed by atoms with van der Waals surface area (Å²) < 4.78 is 0.244. The van der Waals surface area contributed by atoms with Gasteiger partial charge in [-0.3, -0.25) is 14.5 Å². The normalized spacial score (nSPS) is 16.5. The quantitative estimate of drug-likeness (QED) is 0.498. The van der Waals surface area contributed by atoms with Crippen molar-refractivity contribution in [3.8, 4) is 11.5 Å². The van der Waals surface area contributed by atoms with Gasteiger partial charge >= 0.3 is 0 Å². The van der Waals surface area contributed by atoms with Gasteiger partial charge in [-0.2, -0.15) is 0 Å². The van der Waals surface area contributed by atoms with Crippen LogP contribution in [0.15, 0.2) is 47.4 Å². The van der Waals surface area contributed by atoms with Crippen molar-refractivity contribution in [2.24, 2.45) is 0 Å². The van der Waals surface area contributed by atoms with Crippen LogP contribution < -0.4 is 5.32 Å². The third-order valence-corrected chi connectivity index (χ3v) is 5.59. The number of rotatable bonds is 4. The summed E-state index contributed by atoms with van der Waals surface area (Å²) in [6.07, 6.45) is 1.47. The minimum Gasteiger partial charge on any atom is -0.508 e. The average molecular weight is 435 g/mol. The highest BCUT2D eigenvalue weighted by Gasteiger charge is 2.38. The molecule has 2 amide bonds. The van der Waals surface area contributed by atoms with E-state index in [1.165, 1.54) is 29.2 Å². The van der Waals surface area contributed by atoms with Gasteiger partial charge in [-0.1, -0.05) is 35.6 Å². The smallest absolute Gasteiger partial charge is 0.266 e. The number of thiocarbonyl (C=S) groups is 1. The molecule has 0 aromatic heterocycles. The molecule has 0 bridgehead atoms. The van der Waals surface area contributed by atoms with Crippen LogP contribution in [0.4, 0.5) is 5.69 Å². The number of nitrogens with one attached hydrogen (secondary N) is 1. The van der Waals surface area contributed by atoms with Gasteiger partial charge in [-0.15, -0.1) is 0 Å². The number of thioether (sulfide) groups is 1. The molecule has 9 heteroatoms. The molecule has 6 nitrogen and oxygen atoms in total. The van der Waals surface area contributed by atoms with E-state index in [0.29, 0.717) is 16.3 Å². The SMILES string of the molecule is CC(C(=O)Nc1ccc(Cl)cc1)N1C(=O)/C(=C/c2ccc(O)cc2O)SC1=S. The Labute approximate surface area is 175 Å². The van der Waals surface area contributed by atoms with Crippen LogP contribution in [0.25, 0.3) is 6.08 Å². The van der Waals surface area contributed by atoms with E-state index < -0.39 is 17.9 Å². The van der Waals surface area contributed by atoms with Gasteiger partial charge in [-0.05, 0) is 49.4 Å². The van der Waals surface area contributed by atoms with E-state index in [2.05, 4.69) is 5.32 Å². The minimum atomic E-state index is -0.831. The number of phenols is 2. The lowest BCUT2D eigenvalue weighted by molar-refractivity contribution is -0.129. The topological polar surface area (TPSA) is 89.9 Å². The number of nitrogens with zero attached hydrogens (tertiary/aromatic N) is 1. The standard InChI is InChI=1S/C19H15ClN2O4S2/c1-10(17(25)21-13-5-3-12(20)4-6-13)22-18(26)16(28-19(22)27)8-11-2-7-14(23)9-15(11)24/h2-10,23-24H,1H3,(H,21,25)/b16-8-. The summed E-state index contributed by atoms with van der Waals surface area (Å²) in [4.78, 5) is 26.8. The van der Waals surface area contributed by atoms with Gasteiger partial charge < -0.3 is 15.5 Å². The van der Waals surface area contributed by atoms with Gasteiger partial charge in [0.05, 0.1) is 4.91 Å². The molecule has 1 heterocycles. The van der Waals surface area contributed by atoms with E-state index in [0.717, 1.165) is 11.8 Å². The molecule has 0 spiro atoms. The number of phenolic OH excluding ortho intramolecular Hbond substituents is 2. The van der Waals surface area contributed by atoms with E-state index in [1.807, 2.05) is 0 Å². The largest absolute Gasteiger partial charge is 0.508 e. The number of hydrogen-bond donors (Lipinski definition) is 3. The fourth-order valence-corrected chi connectivity index (χ4v) is 4.04. The molecule has 3 rings (SSSR count). The van der Waals surface area contributed by atoms with Crippen LogP contribution in [0.5, 0.6) is 11.5 Å². The maximum absolute atomic E-state index is 12.8. The highest BCUT2D eigenvalue weighted by molar-refractivity contribution is 8.26. The third-order valence-electron chi connectivity index (χ3n) is 4.00. The molecule has 1 aliphatic heterocycles. The van der Waals surface area contributed by atoms with E-state index in [-0.39, 0.29) is 20.7 Å². The zero-order chi connectivity index (χ0) is 20.4. The summed E-state index contributed by atoms with van der Waals surface area (Å²) in [5.41, 5.74) is 0.910. The van der Waals surface area contributed by atoms with Gasteiger partial charge in [0.2, 0.25) is 5.91 Å². The zero-order valence-corrected chi connectivity index (χ0v) is 16.9. The van der Waals surface area contributed by atoms with Crippen LogP contribution in [0.1, 0.15) is 12.5 Å². The molecule has 0 aliphatic carbocycles. The Balaban J connectivity index is 1.77. The van der Waals surface area contributed by atoms with Crippen LogP contribution in [-0.2, 0) is 9.59 Å². The molecule has 3 N–H and O–H groups in total. The summed E-state index contributed by atoms with van der Waals surface area (Å²) in [5.74, 6) is -1.08. The molecular formula is C19H15ClN2O4S2. The van der Waals surface area contributed by atoms with E-state index in [1.54, 1.807) is 31.2 Å². The van der Waals surface area contributed by atoms with Gasteiger partial charge in [0.25, 0.3) is 5.91 Å². The Morgan fingerprint density at radius 2 is 1.93 bits per heavy atom. The van der Waals surface area contributed by atoms with Crippen LogP contribution in [0.2, 0.25) is 5.02 Å². The number of carbonyl (C=O) groups is 2. The highest BCUT2D eigenvalue weighted by Crippen LogP contribution is 2.36. The molecule has 144 valence electrons. The molecular weight excluding hydrogens is 420 g/mol.